The van der Waals surface area contributed by atoms with Crippen LogP contribution in [0.25, 0.3) is 0 Å². The highest BCUT2D eigenvalue weighted by Gasteiger charge is 2.42. The Labute approximate surface area is 224 Å². The lowest BCUT2D eigenvalue weighted by Gasteiger charge is -2.40. The SMILES string of the molecule is CN(C)[C@H]1C[C@H]2C(=O)NCCOCCOCC(=O)N3CC[C@@H](CC(=O)N4CCOCC4)[C@@H](CC(=O)N2C1)C3. The molecule has 38 heavy (non-hydrogen) atoms. The van der Waals surface area contributed by atoms with E-state index in [4.69, 9.17) is 14.2 Å². The third-order valence-corrected chi connectivity index (χ3v) is 8.26. The molecule has 4 fully saturated rings. The van der Waals surface area contributed by atoms with Crippen molar-refractivity contribution < 1.29 is 33.4 Å². The number of amides is 4. The minimum atomic E-state index is -0.552. The molecule has 4 atom stereocenters. The van der Waals surface area contributed by atoms with Crippen LogP contribution in [0.5, 0.6) is 0 Å². The van der Waals surface area contributed by atoms with Crippen LogP contribution in [0.3, 0.4) is 0 Å². The molecule has 0 aliphatic carbocycles. The summed E-state index contributed by atoms with van der Waals surface area (Å²) in [5.41, 5.74) is 0. The van der Waals surface area contributed by atoms with Crippen molar-refractivity contribution in [2.24, 2.45) is 11.8 Å². The van der Waals surface area contributed by atoms with Gasteiger partial charge in [0.05, 0.1) is 33.0 Å². The van der Waals surface area contributed by atoms with Crippen molar-refractivity contribution in [2.75, 3.05) is 93.0 Å². The van der Waals surface area contributed by atoms with Crippen LogP contribution in [-0.4, -0.2) is 148 Å². The number of nitrogens with one attached hydrogen (secondary N) is 1. The fraction of sp³-hybridized carbons (Fsp3) is 0.846. The first kappa shape index (κ1) is 28.7. The fourth-order valence-corrected chi connectivity index (χ4v) is 5.86. The number of carbonyl (C=O) groups is 4. The summed E-state index contributed by atoms with van der Waals surface area (Å²) in [6.07, 6.45) is 1.75. The van der Waals surface area contributed by atoms with Crippen molar-refractivity contribution in [1.82, 2.24) is 24.9 Å². The highest BCUT2D eigenvalue weighted by atomic mass is 16.5. The first-order valence-corrected chi connectivity index (χ1v) is 13.9. The molecule has 2 bridgehead atoms. The van der Waals surface area contributed by atoms with Gasteiger partial charge < -0.3 is 39.1 Å². The smallest absolute Gasteiger partial charge is 0.248 e. The van der Waals surface area contributed by atoms with Crippen molar-refractivity contribution >= 4 is 23.6 Å². The maximum atomic E-state index is 13.7. The molecule has 0 saturated carbocycles. The van der Waals surface area contributed by atoms with Crippen molar-refractivity contribution in [3.8, 4) is 0 Å². The maximum absolute atomic E-state index is 13.7. The first-order chi connectivity index (χ1) is 18.3. The van der Waals surface area contributed by atoms with E-state index in [1.807, 2.05) is 23.9 Å². The van der Waals surface area contributed by atoms with E-state index in [9.17, 15) is 19.2 Å². The summed E-state index contributed by atoms with van der Waals surface area (Å²) in [7, 11) is 3.92. The van der Waals surface area contributed by atoms with Gasteiger partial charge in [0.15, 0.2) is 0 Å². The summed E-state index contributed by atoms with van der Waals surface area (Å²) >= 11 is 0. The molecule has 4 aliphatic rings. The number of carbonyl (C=O) groups excluding carboxylic acids is 4. The molecule has 0 aromatic heterocycles. The Morgan fingerprint density at radius 3 is 2.45 bits per heavy atom. The van der Waals surface area contributed by atoms with Crippen LogP contribution < -0.4 is 5.32 Å². The quantitative estimate of drug-likeness (QED) is 0.476. The Kier molecular flexibility index (Phi) is 10.3. The molecule has 12 heteroatoms. The molecule has 0 aromatic carbocycles. The molecule has 4 heterocycles. The Bertz CT molecular complexity index is 850. The van der Waals surface area contributed by atoms with Crippen LogP contribution in [0.2, 0.25) is 0 Å². The molecule has 4 rings (SSSR count). The van der Waals surface area contributed by atoms with Crippen LogP contribution in [0.4, 0.5) is 0 Å². The lowest BCUT2D eigenvalue weighted by molar-refractivity contribution is -0.144. The summed E-state index contributed by atoms with van der Waals surface area (Å²) in [5.74, 6) is -0.516. The molecule has 1 N–H and O–H groups in total. The summed E-state index contributed by atoms with van der Waals surface area (Å²) in [6, 6.07) is -0.472. The molecule has 0 aromatic rings. The second kappa shape index (κ2) is 13.7. The average Bonchev–Trinajstić information content (AvgIpc) is 3.37. The van der Waals surface area contributed by atoms with Gasteiger partial charge in [-0.3, -0.25) is 19.2 Å². The lowest BCUT2D eigenvalue weighted by atomic mass is 9.80. The van der Waals surface area contributed by atoms with Gasteiger partial charge in [0, 0.05) is 58.2 Å². The van der Waals surface area contributed by atoms with Gasteiger partial charge in [-0.25, -0.2) is 0 Å². The van der Waals surface area contributed by atoms with Gasteiger partial charge in [0.2, 0.25) is 23.6 Å². The number of fused-ring (bicyclic) bond motifs is 3. The van der Waals surface area contributed by atoms with E-state index in [0.717, 1.165) is 0 Å². The van der Waals surface area contributed by atoms with E-state index in [1.165, 1.54) is 0 Å². The second-order valence-electron chi connectivity index (χ2n) is 10.9. The predicted molar refractivity (Wildman–Crippen MR) is 137 cm³/mol. The third kappa shape index (κ3) is 7.43. The molecule has 4 amide bonds. The van der Waals surface area contributed by atoms with Gasteiger partial charge in [-0.05, 0) is 38.8 Å². The Hall–Kier alpha value is -2.28. The van der Waals surface area contributed by atoms with E-state index < -0.39 is 6.04 Å². The zero-order chi connectivity index (χ0) is 27.1. The molecule has 0 spiro atoms. The first-order valence-electron chi connectivity index (χ1n) is 13.9. The Morgan fingerprint density at radius 1 is 0.947 bits per heavy atom. The van der Waals surface area contributed by atoms with Gasteiger partial charge in [-0.1, -0.05) is 0 Å². The van der Waals surface area contributed by atoms with E-state index >= 15 is 0 Å². The predicted octanol–water partition coefficient (Wildman–Crippen LogP) is -1.22. The van der Waals surface area contributed by atoms with E-state index in [-0.39, 0.29) is 61.1 Å². The van der Waals surface area contributed by atoms with Gasteiger partial charge in [0.1, 0.15) is 12.6 Å². The molecular formula is C26H43N5O7. The zero-order valence-electron chi connectivity index (χ0n) is 22.8. The Morgan fingerprint density at radius 2 is 1.68 bits per heavy atom. The monoisotopic (exact) mass is 537 g/mol. The molecule has 4 saturated heterocycles. The van der Waals surface area contributed by atoms with Crippen molar-refractivity contribution in [1.29, 1.82) is 0 Å². The zero-order valence-corrected chi connectivity index (χ0v) is 22.8. The Balaban J connectivity index is 1.51. The number of hydrogen-bond donors (Lipinski definition) is 1. The number of hydrogen-bond acceptors (Lipinski definition) is 8. The highest BCUT2D eigenvalue weighted by Crippen LogP contribution is 2.32. The van der Waals surface area contributed by atoms with Gasteiger partial charge in [0.25, 0.3) is 0 Å². The molecule has 214 valence electrons. The largest absolute Gasteiger partial charge is 0.378 e. The molecule has 4 aliphatic heterocycles. The van der Waals surface area contributed by atoms with Crippen LogP contribution in [0, 0.1) is 11.8 Å². The van der Waals surface area contributed by atoms with Crippen LogP contribution in [-0.2, 0) is 33.4 Å². The summed E-state index contributed by atoms with van der Waals surface area (Å²) in [5, 5.41) is 2.91. The van der Waals surface area contributed by atoms with E-state index in [2.05, 4.69) is 5.32 Å². The number of rotatable bonds is 3. The molecule has 0 unspecified atom stereocenters. The fourth-order valence-electron chi connectivity index (χ4n) is 5.86. The van der Waals surface area contributed by atoms with E-state index in [1.54, 1.807) is 9.80 Å². The standard InChI is InChI=1S/C26H43N5O7/c1-28(2)21-15-22-26(35)27-4-8-36-11-12-38-18-25(34)30-5-3-19(13-23(32)29-6-9-37-10-7-29)20(16-30)14-24(33)31(22)17-21/h19-22H,3-18H2,1-2H3,(H,27,35)/t19-,20-,21-,22-/m0/s1. The highest BCUT2D eigenvalue weighted by molar-refractivity contribution is 5.88. The minimum Gasteiger partial charge on any atom is -0.378 e. The van der Waals surface area contributed by atoms with Crippen molar-refractivity contribution in [2.45, 2.75) is 37.8 Å². The minimum absolute atomic E-state index is 0.0192. The lowest BCUT2D eigenvalue weighted by Crippen LogP contribution is -2.50. The number of nitrogens with zero attached hydrogens (tertiary/aromatic N) is 4. The van der Waals surface area contributed by atoms with Crippen LogP contribution in [0.15, 0.2) is 0 Å². The average molecular weight is 538 g/mol. The second-order valence-corrected chi connectivity index (χ2v) is 10.9. The maximum Gasteiger partial charge on any atom is 0.248 e. The number of ether oxygens (including phenoxy) is 3. The van der Waals surface area contributed by atoms with Crippen LogP contribution in [0.1, 0.15) is 25.7 Å². The van der Waals surface area contributed by atoms with Crippen molar-refractivity contribution in [3.63, 3.8) is 0 Å². The number of morpholine rings is 1. The molecular weight excluding hydrogens is 494 g/mol. The third-order valence-electron chi connectivity index (χ3n) is 8.26. The summed E-state index contributed by atoms with van der Waals surface area (Å²) in [4.78, 5) is 60.1. The topological polar surface area (TPSA) is 121 Å². The number of likely N-dealkylation sites (N-methyl/N-ethyl adjacent to an activating group) is 1. The normalized spacial score (nSPS) is 30.7. The van der Waals surface area contributed by atoms with E-state index in [0.29, 0.717) is 85.0 Å². The van der Waals surface area contributed by atoms with Gasteiger partial charge in [-0.15, -0.1) is 0 Å². The van der Waals surface area contributed by atoms with Crippen molar-refractivity contribution in [3.05, 3.63) is 0 Å². The molecule has 0 radical (unpaired) electrons. The summed E-state index contributed by atoms with van der Waals surface area (Å²) in [6.45, 7) is 4.87. The van der Waals surface area contributed by atoms with Crippen LogP contribution >= 0.6 is 0 Å². The number of piperidine rings is 1. The van der Waals surface area contributed by atoms with Gasteiger partial charge >= 0.3 is 0 Å². The van der Waals surface area contributed by atoms with Gasteiger partial charge in [-0.2, -0.15) is 0 Å². The summed E-state index contributed by atoms with van der Waals surface area (Å²) < 4.78 is 16.4. The molecule has 12 nitrogen and oxygen atoms in total.